The summed E-state index contributed by atoms with van der Waals surface area (Å²) in [6.07, 6.45) is 4.20. The van der Waals surface area contributed by atoms with Crippen LogP contribution in [0.5, 0.6) is 0 Å². The molecule has 1 saturated carbocycles. The van der Waals surface area contributed by atoms with Crippen LogP contribution in [-0.4, -0.2) is 11.9 Å². The molecule has 4 nitrogen and oxygen atoms in total. The summed E-state index contributed by atoms with van der Waals surface area (Å²) in [6, 6.07) is 17.0. The highest BCUT2D eigenvalue weighted by molar-refractivity contribution is 6.07. The minimum absolute atomic E-state index is 0.0989. The first-order valence-electron chi connectivity index (χ1n) is 8.66. The molecule has 1 N–H and O–H groups in total. The second kappa shape index (κ2) is 6.55. The van der Waals surface area contributed by atoms with Crippen LogP contribution in [0.15, 0.2) is 63.8 Å². The van der Waals surface area contributed by atoms with Gasteiger partial charge in [0.1, 0.15) is 0 Å². The molecule has 0 spiro atoms. The highest BCUT2D eigenvalue weighted by Gasteiger charge is 2.24. The molecule has 0 aliphatic heterocycles. The van der Waals surface area contributed by atoms with Gasteiger partial charge in [-0.25, -0.2) is 4.79 Å². The van der Waals surface area contributed by atoms with Crippen LogP contribution in [-0.2, 0) is 0 Å². The first-order chi connectivity index (χ1) is 12.2. The van der Waals surface area contributed by atoms with E-state index in [1.54, 1.807) is 12.1 Å². The normalized spacial score (nSPS) is 14.7. The SMILES string of the molecule is O=C(NC1CCCC1)c1oc(=O)c2ccccc2c1-c1ccccc1. The summed E-state index contributed by atoms with van der Waals surface area (Å²) in [7, 11) is 0. The Balaban J connectivity index is 1.90. The molecule has 0 atom stereocenters. The molecule has 3 aromatic rings. The molecule has 0 radical (unpaired) electrons. The Hall–Kier alpha value is -2.88. The number of fused-ring (bicyclic) bond motifs is 1. The third-order valence-electron chi connectivity index (χ3n) is 4.80. The topological polar surface area (TPSA) is 59.3 Å². The lowest BCUT2D eigenvalue weighted by atomic mass is 9.98. The summed E-state index contributed by atoms with van der Waals surface area (Å²) >= 11 is 0. The van der Waals surface area contributed by atoms with E-state index in [-0.39, 0.29) is 17.7 Å². The van der Waals surface area contributed by atoms with Crippen molar-refractivity contribution in [1.82, 2.24) is 5.32 Å². The van der Waals surface area contributed by atoms with Crippen molar-refractivity contribution in [2.75, 3.05) is 0 Å². The van der Waals surface area contributed by atoms with Gasteiger partial charge in [-0.2, -0.15) is 0 Å². The molecule has 4 rings (SSSR count). The van der Waals surface area contributed by atoms with Crippen molar-refractivity contribution in [2.24, 2.45) is 0 Å². The molecule has 4 heteroatoms. The molecule has 0 bridgehead atoms. The van der Waals surface area contributed by atoms with Crippen molar-refractivity contribution in [1.29, 1.82) is 0 Å². The van der Waals surface area contributed by atoms with Gasteiger partial charge in [-0.05, 0) is 24.5 Å². The first kappa shape index (κ1) is 15.6. The second-order valence-electron chi connectivity index (χ2n) is 6.46. The van der Waals surface area contributed by atoms with Crippen molar-refractivity contribution in [3.63, 3.8) is 0 Å². The average Bonchev–Trinajstić information content (AvgIpc) is 3.15. The monoisotopic (exact) mass is 333 g/mol. The maximum absolute atomic E-state index is 12.8. The van der Waals surface area contributed by atoms with E-state index in [4.69, 9.17) is 4.42 Å². The average molecular weight is 333 g/mol. The lowest BCUT2D eigenvalue weighted by molar-refractivity contribution is 0.0907. The molecule has 2 aromatic carbocycles. The molecular weight excluding hydrogens is 314 g/mol. The summed E-state index contributed by atoms with van der Waals surface area (Å²) in [5.74, 6) is -0.213. The van der Waals surface area contributed by atoms with Crippen LogP contribution < -0.4 is 10.9 Å². The minimum atomic E-state index is -0.480. The number of hydrogen-bond donors (Lipinski definition) is 1. The Labute approximate surface area is 145 Å². The number of carbonyl (C=O) groups is 1. The van der Waals surface area contributed by atoms with E-state index in [1.165, 1.54) is 0 Å². The van der Waals surface area contributed by atoms with Gasteiger partial charge < -0.3 is 9.73 Å². The highest BCUT2D eigenvalue weighted by Crippen LogP contribution is 2.31. The van der Waals surface area contributed by atoms with Gasteiger partial charge in [0, 0.05) is 17.0 Å². The van der Waals surface area contributed by atoms with Crippen molar-refractivity contribution < 1.29 is 9.21 Å². The standard InChI is InChI=1S/C21H19NO3/c23-20(22-15-10-4-5-11-15)19-18(14-8-2-1-3-9-14)16-12-6-7-13-17(16)21(24)25-19/h1-3,6-9,12-13,15H,4-5,10-11H2,(H,22,23). The van der Waals surface area contributed by atoms with Gasteiger partial charge in [0.05, 0.1) is 5.39 Å². The fraction of sp³-hybridized carbons (Fsp3) is 0.238. The molecule has 1 aliphatic carbocycles. The molecule has 1 amide bonds. The van der Waals surface area contributed by atoms with Crippen LogP contribution >= 0.6 is 0 Å². The zero-order valence-corrected chi connectivity index (χ0v) is 13.8. The summed E-state index contributed by atoms with van der Waals surface area (Å²) in [5.41, 5.74) is 1.05. The van der Waals surface area contributed by atoms with Crippen molar-refractivity contribution in [3.05, 3.63) is 70.8 Å². The van der Waals surface area contributed by atoms with Crippen molar-refractivity contribution >= 4 is 16.7 Å². The third kappa shape index (κ3) is 2.95. The van der Waals surface area contributed by atoms with Crippen LogP contribution in [0.1, 0.15) is 36.2 Å². The predicted octanol–water partition coefficient (Wildman–Crippen LogP) is 4.13. The van der Waals surface area contributed by atoms with E-state index < -0.39 is 5.63 Å². The zero-order chi connectivity index (χ0) is 17.2. The Morgan fingerprint density at radius 1 is 0.920 bits per heavy atom. The fourth-order valence-electron chi connectivity index (χ4n) is 3.57. The van der Waals surface area contributed by atoms with Crippen molar-refractivity contribution in [3.8, 4) is 11.1 Å². The predicted molar refractivity (Wildman–Crippen MR) is 97.6 cm³/mol. The number of carbonyl (C=O) groups excluding carboxylic acids is 1. The summed E-state index contributed by atoms with van der Waals surface area (Å²) in [6.45, 7) is 0. The fourth-order valence-corrected chi connectivity index (χ4v) is 3.57. The van der Waals surface area contributed by atoms with Gasteiger partial charge in [-0.3, -0.25) is 4.79 Å². The number of benzene rings is 2. The molecule has 126 valence electrons. The van der Waals surface area contributed by atoms with Crippen LogP contribution in [0.3, 0.4) is 0 Å². The first-order valence-corrected chi connectivity index (χ1v) is 8.66. The van der Waals surface area contributed by atoms with Crippen LogP contribution in [0.2, 0.25) is 0 Å². The molecule has 0 saturated heterocycles. The molecule has 1 aliphatic rings. The van der Waals surface area contributed by atoms with E-state index in [1.807, 2.05) is 42.5 Å². The summed E-state index contributed by atoms with van der Waals surface area (Å²) in [4.78, 5) is 25.2. The maximum atomic E-state index is 12.8. The quantitative estimate of drug-likeness (QED) is 0.784. The largest absolute Gasteiger partial charge is 0.416 e. The summed E-state index contributed by atoms with van der Waals surface area (Å²) < 4.78 is 5.48. The number of amides is 1. The second-order valence-corrected chi connectivity index (χ2v) is 6.46. The van der Waals surface area contributed by atoms with Crippen molar-refractivity contribution in [2.45, 2.75) is 31.7 Å². The maximum Gasteiger partial charge on any atom is 0.344 e. The third-order valence-corrected chi connectivity index (χ3v) is 4.80. The molecule has 1 fully saturated rings. The lowest BCUT2D eigenvalue weighted by Gasteiger charge is -2.15. The van der Waals surface area contributed by atoms with E-state index in [0.717, 1.165) is 36.6 Å². The van der Waals surface area contributed by atoms with Crippen LogP contribution in [0.25, 0.3) is 21.9 Å². The minimum Gasteiger partial charge on any atom is -0.416 e. The summed E-state index contributed by atoms with van der Waals surface area (Å²) in [5, 5.41) is 4.25. The number of nitrogens with one attached hydrogen (secondary N) is 1. The van der Waals surface area contributed by atoms with E-state index in [9.17, 15) is 9.59 Å². The molecule has 1 aromatic heterocycles. The smallest absolute Gasteiger partial charge is 0.344 e. The number of hydrogen-bond acceptors (Lipinski definition) is 3. The van der Waals surface area contributed by atoms with Crippen LogP contribution in [0.4, 0.5) is 0 Å². The Kier molecular flexibility index (Phi) is 4.10. The van der Waals surface area contributed by atoms with E-state index in [0.29, 0.717) is 10.9 Å². The van der Waals surface area contributed by atoms with E-state index >= 15 is 0 Å². The molecule has 0 unspecified atom stereocenters. The van der Waals surface area contributed by atoms with Gasteiger partial charge in [0.25, 0.3) is 5.91 Å². The van der Waals surface area contributed by atoms with Gasteiger partial charge >= 0.3 is 5.63 Å². The van der Waals surface area contributed by atoms with Gasteiger partial charge in [-0.1, -0.05) is 61.4 Å². The molecule has 25 heavy (non-hydrogen) atoms. The Morgan fingerprint density at radius 2 is 1.56 bits per heavy atom. The van der Waals surface area contributed by atoms with Crippen LogP contribution in [0, 0.1) is 0 Å². The number of rotatable bonds is 3. The molecule has 1 heterocycles. The highest BCUT2D eigenvalue weighted by atomic mass is 16.4. The molecular formula is C21H19NO3. The Bertz CT molecular complexity index is 969. The van der Waals surface area contributed by atoms with Gasteiger partial charge in [0.15, 0.2) is 0 Å². The van der Waals surface area contributed by atoms with E-state index in [2.05, 4.69) is 5.32 Å². The zero-order valence-electron chi connectivity index (χ0n) is 13.8. The lowest BCUT2D eigenvalue weighted by Crippen LogP contribution is -2.33. The van der Waals surface area contributed by atoms with Gasteiger partial charge in [0.2, 0.25) is 5.76 Å². The Morgan fingerprint density at radius 3 is 2.28 bits per heavy atom. The van der Waals surface area contributed by atoms with Gasteiger partial charge in [-0.15, -0.1) is 0 Å².